The van der Waals surface area contributed by atoms with Gasteiger partial charge in [0.15, 0.2) is 0 Å². The highest BCUT2D eigenvalue weighted by atomic mass is 16.7. The molecule has 0 spiro atoms. The largest absolute Gasteiger partial charge is 0.508 e. The van der Waals surface area contributed by atoms with Crippen LogP contribution in [-0.2, 0) is 23.7 Å². The molecule has 0 rings (SSSR count). The zero-order chi connectivity index (χ0) is 16.1. The topological polar surface area (TPSA) is 108 Å². The molecule has 0 radical (unpaired) electrons. The van der Waals surface area contributed by atoms with Gasteiger partial charge in [0.05, 0.1) is 6.61 Å². The van der Waals surface area contributed by atoms with Crippen LogP contribution < -0.4 is 0 Å². The summed E-state index contributed by atoms with van der Waals surface area (Å²) in [5.41, 5.74) is 0. The Labute approximate surface area is 122 Å². The molecule has 0 fully saturated rings. The lowest BCUT2D eigenvalue weighted by Crippen LogP contribution is -2.15. The summed E-state index contributed by atoms with van der Waals surface area (Å²) in [7, 11) is 0. The maximum atomic E-state index is 11.1. The third-order valence-electron chi connectivity index (χ3n) is 2.24. The summed E-state index contributed by atoms with van der Waals surface area (Å²) in [5.74, 6) is -0.593. The van der Waals surface area contributed by atoms with E-state index >= 15 is 0 Å². The number of ether oxygens (including phenoxy) is 4. The van der Waals surface area contributed by atoms with Crippen LogP contribution in [0.3, 0.4) is 0 Å². The molecule has 1 unspecified atom stereocenters. The fourth-order valence-corrected chi connectivity index (χ4v) is 1.29. The molecule has 0 aromatic carbocycles. The molecular formula is C13H20O8. The minimum absolute atomic E-state index is 0.0655. The van der Waals surface area contributed by atoms with Crippen molar-refractivity contribution < 1.29 is 38.4 Å². The van der Waals surface area contributed by atoms with Gasteiger partial charge < -0.3 is 24.1 Å². The maximum Gasteiger partial charge on any atom is 0.508 e. The van der Waals surface area contributed by atoms with Crippen LogP contribution in [0.1, 0.15) is 26.2 Å². The Balaban J connectivity index is 3.43. The first kappa shape index (κ1) is 18.8. The van der Waals surface area contributed by atoms with Gasteiger partial charge in [0.1, 0.15) is 19.3 Å². The molecule has 1 N–H and O–H groups in total. The Kier molecular flexibility index (Phi) is 10.3. The van der Waals surface area contributed by atoms with E-state index in [2.05, 4.69) is 20.8 Å². The van der Waals surface area contributed by atoms with Crippen LogP contribution in [0, 0.1) is 0 Å². The van der Waals surface area contributed by atoms with Crippen LogP contribution in [0.15, 0.2) is 12.7 Å². The Morgan fingerprint density at radius 1 is 1.10 bits per heavy atom. The lowest BCUT2D eigenvalue weighted by molar-refractivity contribution is -0.139. The second-order valence-electron chi connectivity index (χ2n) is 4.01. The first-order valence-electron chi connectivity index (χ1n) is 6.44. The van der Waals surface area contributed by atoms with Gasteiger partial charge in [-0.25, -0.2) is 14.4 Å². The van der Waals surface area contributed by atoms with Crippen LogP contribution in [-0.4, -0.2) is 49.3 Å². The SMILES string of the molecule is C=CC(=O)OCCOC(=O)OCCCCC(C)OC(=O)O. The van der Waals surface area contributed by atoms with Crippen LogP contribution in [0.5, 0.6) is 0 Å². The van der Waals surface area contributed by atoms with E-state index < -0.39 is 24.4 Å². The van der Waals surface area contributed by atoms with Gasteiger partial charge in [-0.1, -0.05) is 6.58 Å². The van der Waals surface area contributed by atoms with Crippen molar-refractivity contribution in [1.82, 2.24) is 0 Å². The van der Waals surface area contributed by atoms with E-state index in [9.17, 15) is 14.4 Å². The van der Waals surface area contributed by atoms with E-state index in [1.807, 2.05) is 0 Å². The van der Waals surface area contributed by atoms with Crippen LogP contribution in [0.25, 0.3) is 0 Å². The molecule has 0 aliphatic carbocycles. The number of carboxylic acid groups (broad SMARTS) is 1. The summed E-state index contributed by atoms with van der Waals surface area (Å²) < 4.78 is 18.5. The molecule has 8 nitrogen and oxygen atoms in total. The molecule has 0 saturated carbocycles. The van der Waals surface area contributed by atoms with Crippen LogP contribution in [0.2, 0.25) is 0 Å². The molecule has 0 saturated heterocycles. The highest BCUT2D eigenvalue weighted by molar-refractivity contribution is 5.81. The molecule has 8 heteroatoms. The highest BCUT2D eigenvalue weighted by Gasteiger charge is 2.08. The lowest BCUT2D eigenvalue weighted by Gasteiger charge is -2.10. The zero-order valence-corrected chi connectivity index (χ0v) is 11.9. The molecular weight excluding hydrogens is 284 g/mol. The van der Waals surface area contributed by atoms with Crippen LogP contribution in [0.4, 0.5) is 9.59 Å². The Morgan fingerprint density at radius 3 is 2.33 bits per heavy atom. The van der Waals surface area contributed by atoms with Crippen molar-refractivity contribution in [2.24, 2.45) is 0 Å². The van der Waals surface area contributed by atoms with Gasteiger partial charge in [0, 0.05) is 6.08 Å². The minimum Gasteiger partial charge on any atom is -0.459 e. The smallest absolute Gasteiger partial charge is 0.459 e. The highest BCUT2D eigenvalue weighted by Crippen LogP contribution is 2.05. The summed E-state index contributed by atoms with van der Waals surface area (Å²) in [5, 5.41) is 8.37. The molecule has 0 aliphatic heterocycles. The molecule has 0 aromatic heterocycles. The van der Waals surface area contributed by atoms with Crippen LogP contribution >= 0.6 is 0 Å². The van der Waals surface area contributed by atoms with Crippen molar-refractivity contribution in [2.45, 2.75) is 32.3 Å². The molecule has 0 aromatic rings. The molecule has 0 aliphatic rings. The summed E-state index contributed by atoms with van der Waals surface area (Å²) in [4.78, 5) is 32.0. The van der Waals surface area contributed by atoms with Crippen molar-refractivity contribution in [3.05, 3.63) is 12.7 Å². The van der Waals surface area contributed by atoms with Crippen molar-refractivity contribution in [3.63, 3.8) is 0 Å². The van der Waals surface area contributed by atoms with Crippen molar-refractivity contribution in [3.8, 4) is 0 Å². The standard InChI is InChI=1S/C13H20O8/c1-3-11(14)18-8-9-20-13(17)19-7-5-4-6-10(2)21-12(15)16/h3,10H,1,4-9H2,2H3,(H,15,16). The fraction of sp³-hybridized carbons (Fsp3) is 0.615. The van der Waals surface area contributed by atoms with Gasteiger partial charge >= 0.3 is 18.3 Å². The number of rotatable bonds is 10. The van der Waals surface area contributed by atoms with E-state index in [-0.39, 0.29) is 19.8 Å². The first-order valence-corrected chi connectivity index (χ1v) is 6.44. The number of hydrogen-bond donors (Lipinski definition) is 1. The Hall–Kier alpha value is -2.25. The van der Waals surface area contributed by atoms with Gasteiger partial charge in [-0.05, 0) is 26.2 Å². The van der Waals surface area contributed by atoms with Gasteiger partial charge in [0.2, 0.25) is 0 Å². The fourth-order valence-electron chi connectivity index (χ4n) is 1.29. The lowest BCUT2D eigenvalue weighted by atomic mass is 10.2. The zero-order valence-electron chi connectivity index (χ0n) is 11.9. The summed E-state index contributed by atoms with van der Waals surface area (Å²) >= 11 is 0. The molecule has 120 valence electrons. The van der Waals surface area contributed by atoms with E-state index in [0.29, 0.717) is 19.3 Å². The van der Waals surface area contributed by atoms with Gasteiger partial charge in [-0.15, -0.1) is 0 Å². The number of carbonyl (C=O) groups is 3. The van der Waals surface area contributed by atoms with E-state index in [4.69, 9.17) is 9.84 Å². The third kappa shape index (κ3) is 12.5. The maximum absolute atomic E-state index is 11.1. The van der Waals surface area contributed by atoms with Gasteiger partial charge in [-0.2, -0.15) is 0 Å². The predicted octanol–water partition coefficient (Wildman–Crippen LogP) is 2.12. The third-order valence-corrected chi connectivity index (χ3v) is 2.24. The second kappa shape index (κ2) is 11.6. The summed E-state index contributed by atoms with van der Waals surface area (Å²) in [6.45, 7) is 4.86. The minimum atomic E-state index is -1.31. The monoisotopic (exact) mass is 304 g/mol. The number of carbonyl (C=O) groups excluding carboxylic acids is 2. The van der Waals surface area contributed by atoms with E-state index in [1.165, 1.54) is 0 Å². The molecule has 21 heavy (non-hydrogen) atoms. The predicted molar refractivity (Wildman–Crippen MR) is 70.9 cm³/mol. The normalized spacial score (nSPS) is 11.1. The first-order chi connectivity index (χ1) is 9.95. The Morgan fingerprint density at radius 2 is 1.71 bits per heavy atom. The molecule has 0 amide bonds. The number of hydrogen-bond acceptors (Lipinski definition) is 7. The summed E-state index contributed by atoms with van der Waals surface area (Å²) in [6.07, 6.45) is 0.218. The second-order valence-corrected chi connectivity index (χ2v) is 4.01. The summed E-state index contributed by atoms with van der Waals surface area (Å²) in [6, 6.07) is 0. The van der Waals surface area contributed by atoms with Gasteiger partial charge in [-0.3, -0.25) is 0 Å². The molecule has 1 atom stereocenters. The van der Waals surface area contributed by atoms with Gasteiger partial charge in [0.25, 0.3) is 0 Å². The molecule has 0 heterocycles. The number of esters is 1. The Bertz CT molecular complexity index is 352. The van der Waals surface area contributed by atoms with E-state index in [0.717, 1.165) is 6.08 Å². The quantitative estimate of drug-likeness (QED) is 0.283. The van der Waals surface area contributed by atoms with Crippen molar-refractivity contribution >= 4 is 18.3 Å². The average Bonchev–Trinajstić information content (AvgIpc) is 2.42. The van der Waals surface area contributed by atoms with E-state index in [1.54, 1.807) is 6.92 Å². The van der Waals surface area contributed by atoms with Crippen molar-refractivity contribution in [1.29, 1.82) is 0 Å². The number of unbranched alkanes of at least 4 members (excludes halogenated alkanes) is 1. The average molecular weight is 304 g/mol. The molecule has 0 bridgehead atoms. The van der Waals surface area contributed by atoms with Crippen molar-refractivity contribution in [2.75, 3.05) is 19.8 Å².